The Morgan fingerprint density at radius 2 is 1.96 bits per heavy atom. The summed E-state index contributed by atoms with van der Waals surface area (Å²) >= 11 is 0. The van der Waals surface area contributed by atoms with Gasteiger partial charge < -0.3 is 20.1 Å². The fraction of sp³-hybridized carbons (Fsp3) is 0.389. The summed E-state index contributed by atoms with van der Waals surface area (Å²) in [4.78, 5) is 26.1. The number of hydrogen-bond acceptors (Lipinski definition) is 4. The van der Waals surface area contributed by atoms with E-state index in [2.05, 4.69) is 27.2 Å². The zero-order valence-electron chi connectivity index (χ0n) is 14.4. The Hall–Kier alpha value is -2.83. The molecule has 0 spiro atoms. The number of nitrogens with one attached hydrogen (secondary N) is 2. The average Bonchev–Trinajstić information content (AvgIpc) is 3.12. The third-order valence-electron chi connectivity index (χ3n) is 3.65. The van der Waals surface area contributed by atoms with Crippen LogP contribution in [0.5, 0.6) is 0 Å². The lowest BCUT2D eigenvalue weighted by molar-refractivity contribution is -0.116. The Morgan fingerprint density at radius 3 is 2.64 bits per heavy atom. The zero-order valence-corrected chi connectivity index (χ0v) is 14.4. The van der Waals surface area contributed by atoms with Crippen LogP contribution in [0.1, 0.15) is 31.7 Å². The molecule has 0 unspecified atom stereocenters. The normalized spacial score (nSPS) is 10.3. The van der Waals surface area contributed by atoms with E-state index in [1.54, 1.807) is 6.07 Å². The molecule has 1 heterocycles. The van der Waals surface area contributed by atoms with Crippen LogP contribution in [0.4, 0.5) is 10.6 Å². The van der Waals surface area contributed by atoms with E-state index >= 15 is 0 Å². The van der Waals surface area contributed by atoms with Gasteiger partial charge in [-0.05, 0) is 12.0 Å². The molecule has 2 N–H and O–H groups in total. The second kappa shape index (κ2) is 10.1. The molecule has 0 aliphatic carbocycles. The van der Waals surface area contributed by atoms with Gasteiger partial charge in [-0.1, -0.05) is 55.3 Å². The summed E-state index contributed by atoms with van der Waals surface area (Å²) in [5.74, 6) is 0.0310. The third-order valence-corrected chi connectivity index (χ3v) is 3.65. The van der Waals surface area contributed by atoms with Crippen molar-refractivity contribution < 1.29 is 14.1 Å². The number of nitrogens with zero attached hydrogens (tertiary/aromatic N) is 2. The second-order valence-electron chi connectivity index (χ2n) is 5.71. The molecule has 0 atom stereocenters. The van der Waals surface area contributed by atoms with Crippen molar-refractivity contribution >= 4 is 17.8 Å². The molecule has 1 aromatic heterocycles. The maximum absolute atomic E-state index is 12.4. The summed E-state index contributed by atoms with van der Waals surface area (Å²) < 4.78 is 4.68. The van der Waals surface area contributed by atoms with Gasteiger partial charge in [-0.2, -0.15) is 0 Å². The van der Waals surface area contributed by atoms with Gasteiger partial charge in [0.15, 0.2) is 5.82 Å². The molecule has 134 valence electrons. The number of aromatic nitrogens is 1. The number of carbonyl (C=O) groups excluding carboxylic acids is 2. The number of anilines is 1. The number of rotatable bonds is 9. The summed E-state index contributed by atoms with van der Waals surface area (Å²) in [5.41, 5.74) is 1.01. The van der Waals surface area contributed by atoms with Crippen molar-refractivity contribution in [2.24, 2.45) is 0 Å². The zero-order chi connectivity index (χ0) is 17.9. The Balaban J connectivity index is 1.88. The van der Waals surface area contributed by atoms with Crippen LogP contribution in [-0.4, -0.2) is 35.1 Å². The van der Waals surface area contributed by atoms with E-state index in [1.165, 1.54) is 11.2 Å². The standard InChI is InChI=1S/C18H24N4O3/c1-2-3-7-11-22(14-17(23)20-16-10-12-25-21-16)18(24)19-13-15-8-5-4-6-9-15/h4-6,8-10,12H,2-3,7,11,13-14H2,1H3,(H,19,24)(H,20,21,23). The lowest BCUT2D eigenvalue weighted by Gasteiger charge is -2.22. The minimum absolute atomic E-state index is 0.0306. The molecule has 2 rings (SSSR count). The molecule has 7 heteroatoms. The lowest BCUT2D eigenvalue weighted by atomic mass is 10.2. The molecule has 0 aliphatic heterocycles. The fourth-order valence-corrected chi connectivity index (χ4v) is 2.32. The van der Waals surface area contributed by atoms with Crippen LogP contribution >= 0.6 is 0 Å². The first-order chi connectivity index (χ1) is 12.2. The molecule has 0 saturated carbocycles. The second-order valence-corrected chi connectivity index (χ2v) is 5.71. The smallest absolute Gasteiger partial charge is 0.318 e. The Kier molecular flexibility index (Phi) is 7.49. The van der Waals surface area contributed by atoms with Crippen molar-refractivity contribution in [3.05, 3.63) is 48.2 Å². The number of hydrogen-bond donors (Lipinski definition) is 2. The van der Waals surface area contributed by atoms with Crippen LogP contribution in [0.25, 0.3) is 0 Å². The SMILES string of the molecule is CCCCCN(CC(=O)Nc1ccon1)C(=O)NCc1ccccc1. The first-order valence-electron chi connectivity index (χ1n) is 8.46. The predicted octanol–water partition coefficient (Wildman–Crippen LogP) is 3.02. The Bertz CT molecular complexity index is 644. The maximum Gasteiger partial charge on any atom is 0.318 e. The predicted molar refractivity (Wildman–Crippen MR) is 94.9 cm³/mol. The molecule has 2 aromatic rings. The van der Waals surface area contributed by atoms with Crippen molar-refractivity contribution in [3.63, 3.8) is 0 Å². The topological polar surface area (TPSA) is 87.5 Å². The molecule has 0 saturated heterocycles. The number of benzene rings is 1. The van der Waals surface area contributed by atoms with Gasteiger partial charge >= 0.3 is 6.03 Å². The highest BCUT2D eigenvalue weighted by Gasteiger charge is 2.17. The van der Waals surface area contributed by atoms with E-state index in [9.17, 15) is 9.59 Å². The van der Waals surface area contributed by atoms with Crippen LogP contribution in [0.15, 0.2) is 47.2 Å². The summed E-state index contributed by atoms with van der Waals surface area (Å²) in [6, 6.07) is 11.0. The van der Waals surface area contributed by atoms with Gasteiger partial charge in [0.1, 0.15) is 12.8 Å². The van der Waals surface area contributed by atoms with E-state index in [-0.39, 0.29) is 18.5 Å². The molecule has 3 amide bonds. The first-order valence-corrected chi connectivity index (χ1v) is 8.46. The van der Waals surface area contributed by atoms with Crippen molar-refractivity contribution in [1.29, 1.82) is 0 Å². The van der Waals surface area contributed by atoms with Gasteiger partial charge in [0, 0.05) is 19.2 Å². The number of amides is 3. The summed E-state index contributed by atoms with van der Waals surface area (Å²) in [6.45, 7) is 3.02. The highest BCUT2D eigenvalue weighted by molar-refractivity contribution is 5.93. The molecular formula is C18H24N4O3. The van der Waals surface area contributed by atoms with Crippen molar-refractivity contribution in [2.75, 3.05) is 18.4 Å². The molecule has 0 radical (unpaired) electrons. The molecule has 0 fully saturated rings. The molecule has 0 bridgehead atoms. The van der Waals surface area contributed by atoms with E-state index in [4.69, 9.17) is 0 Å². The lowest BCUT2D eigenvalue weighted by Crippen LogP contribution is -2.44. The van der Waals surface area contributed by atoms with E-state index in [0.29, 0.717) is 18.9 Å². The monoisotopic (exact) mass is 344 g/mol. The van der Waals surface area contributed by atoms with Gasteiger partial charge in [0.2, 0.25) is 5.91 Å². The van der Waals surface area contributed by atoms with Crippen molar-refractivity contribution in [3.8, 4) is 0 Å². The molecule has 25 heavy (non-hydrogen) atoms. The number of urea groups is 1. The van der Waals surface area contributed by atoms with Crippen LogP contribution in [0, 0.1) is 0 Å². The summed E-state index contributed by atoms with van der Waals surface area (Å²) in [5, 5.41) is 9.10. The first kappa shape index (κ1) is 18.5. The molecular weight excluding hydrogens is 320 g/mol. The van der Waals surface area contributed by atoms with Crippen LogP contribution in [-0.2, 0) is 11.3 Å². The highest BCUT2D eigenvalue weighted by atomic mass is 16.5. The maximum atomic E-state index is 12.4. The van der Waals surface area contributed by atoms with E-state index < -0.39 is 0 Å². The van der Waals surface area contributed by atoms with Crippen molar-refractivity contribution in [2.45, 2.75) is 32.7 Å². The number of unbranched alkanes of at least 4 members (excludes halogenated alkanes) is 2. The average molecular weight is 344 g/mol. The minimum atomic E-state index is -0.305. The largest absolute Gasteiger partial charge is 0.363 e. The van der Waals surface area contributed by atoms with Gasteiger partial charge in [-0.3, -0.25) is 4.79 Å². The quantitative estimate of drug-likeness (QED) is 0.685. The van der Waals surface area contributed by atoms with Gasteiger partial charge in [-0.15, -0.1) is 0 Å². The van der Waals surface area contributed by atoms with Crippen LogP contribution in [0.2, 0.25) is 0 Å². The van der Waals surface area contributed by atoms with Crippen LogP contribution < -0.4 is 10.6 Å². The summed E-state index contributed by atoms with van der Waals surface area (Å²) in [7, 11) is 0. The van der Waals surface area contributed by atoms with Gasteiger partial charge in [-0.25, -0.2) is 4.79 Å². The summed E-state index contributed by atoms with van der Waals surface area (Å²) in [6.07, 6.45) is 4.28. The Morgan fingerprint density at radius 1 is 1.16 bits per heavy atom. The molecule has 1 aromatic carbocycles. The molecule has 0 aliphatic rings. The number of carbonyl (C=O) groups is 2. The third kappa shape index (κ3) is 6.66. The highest BCUT2D eigenvalue weighted by Crippen LogP contribution is 2.04. The van der Waals surface area contributed by atoms with E-state index in [0.717, 1.165) is 24.8 Å². The van der Waals surface area contributed by atoms with Gasteiger partial charge in [0.25, 0.3) is 0 Å². The fourth-order valence-electron chi connectivity index (χ4n) is 2.32. The Labute approximate surface area is 147 Å². The minimum Gasteiger partial charge on any atom is -0.363 e. The van der Waals surface area contributed by atoms with Crippen LogP contribution in [0.3, 0.4) is 0 Å². The molecule has 7 nitrogen and oxygen atoms in total. The van der Waals surface area contributed by atoms with Gasteiger partial charge in [0.05, 0.1) is 0 Å². The van der Waals surface area contributed by atoms with Crippen molar-refractivity contribution in [1.82, 2.24) is 15.4 Å². The van der Waals surface area contributed by atoms with E-state index in [1.807, 2.05) is 30.3 Å².